The van der Waals surface area contributed by atoms with Gasteiger partial charge in [0.25, 0.3) is 0 Å². The van der Waals surface area contributed by atoms with Gasteiger partial charge in [0.1, 0.15) is 0 Å². The van der Waals surface area contributed by atoms with Gasteiger partial charge in [0.05, 0.1) is 6.20 Å². The number of nitrogens with zero attached hydrogens (tertiary/aromatic N) is 5. The van der Waals surface area contributed by atoms with Crippen LogP contribution in [0.5, 0.6) is 0 Å². The van der Waals surface area contributed by atoms with Crippen LogP contribution in [0.15, 0.2) is 60.8 Å². The Morgan fingerprint density at radius 1 is 0.962 bits per heavy atom. The maximum atomic E-state index is 4.62. The van der Waals surface area contributed by atoms with Gasteiger partial charge in [-0.05, 0) is 36.8 Å². The number of hydrogen-bond acceptors (Lipinski definition) is 6. The highest BCUT2D eigenvalue weighted by Gasteiger charge is 2.10. The zero-order valence-corrected chi connectivity index (χ0v) is 15.4. The molecule has 0 fully saturated rings. The first-order valence-electron chi connectivity index (χ1n) is 8.68. The second kappa shape index (κ2) is 8.29. The summed E-state index contributed by atoms with van der Waals surface area (Å²) >= 11 is 0. The van der Waals surface area contributed by atoms with E-state index in [1.54, 1.807) is 6.20 Å². The molecule has 0 aliphatic rings. The third-order valence-corrected chi connectivity index (χ3v) is 4.08. The maximum Gasteiger partial charge on any atom is 0.247 e. The Hall–Kier alpha value is -3.15. The van der Waals surface area contributed by atoms with E-state index in [1.165, 1.54) is 5.56 Å². The van der Waals surface area contributed by atoms with Gasteiger partial charge in [-0.3, -0.25) is 0 Å². The number of anilines is 4. The molecule has 0 aliphatic carbocycles. The number of aromatic nitrogens is 3. The number of nitrogens with one attached hydrogen (secondary N) is 1. The van der Waals surface area contributed by atoms with Crippen LogP contribution in [0.3, 0.4) is 0 Å². The Morgan fingerprint density at radius 3 is 2.35 bits per heavy atom. The first-order valence-corrected chi connectivity index (χ1v) is 8.68. The molecule has 0 atom stereocenters. The third-order valence-electron chi connectivity index (χ3n) is 4.08. The van der Waals surface area contributed by atoms with E-state index < -0.39 is 0 Å². The first-order chi connectivity index (χ1) is 12.7. The Bertz CT molecular complexity index is 817. The normalized spacial score (nSPS) is 10.4. The van der Waals surface area contributed by atoms with Gasteiger partial charge in [0.2, 0.25) is 5.95 Å². The van der Waals surface area contributed by atoms with Crippen molar-refractivity contribution in [2.24, 2.45) is 0 Å². The van der Waals surface area contributed by atoms with Crippen molar-refractivity contribution in [1.29, 1.82) is 0 Å². The van der Waals surface area contributed by atoms with E-state index in [0.717, 1.165) is 24.5 Å². The average Bonchev–Trinajstić information content (AvgIpc) is 2.67. The molecule has 6 heteroatoms. The van der Waals surface area contributed by atoms with Crippen LogP contribution in [0.4, 0.5) is 23.1 Å². The molecular weight excluding hydrogens is 324 g/mol. The minimum absolute atomic E-state index is 0.617. The molecular formula is C20H24N6. The molecule has 1 aromatic heterocycles. The minimum Gasteiger partial charge on any atom is -0.378 e. The molecule has 134 valence electrons. The summed E-state index contributed by atoms with van der Waals surface area (Å²) in [6.45, 7) is 3.64. The lowest BCUT2D eigenvalue weighted by molar-refractivity contribution is 0.771. The van der Waals surface area contributed by atoms with E-state index in [9.17, 15) is 0 Å². The van der Waals surface area contributed by atoms with Gasteiger partial charge in [0, 0.05) is 38.6 Å². The summed E-state index contributed by atoms with van der Waals surface area (Å²) < 4.78 is 0. The van der Waals surface area contributed by atoms with Crippen molar-refractivity contribution in [3.63, 3.8) is 0 Å². The fraction of sp³-hybridized carbons (Fsp3) is 0.250. The number of hydrogen-bond donors (Lipinski definition) is 1. The van der Waals surface area contributed by atoms with Crippen LogP contribution in [0.25, 0.3) is 0 Å². The van der Waals surface area contributed by atoms with Crippen LogP contribution in [0.2, 0.25) is 0 Å². The molecule has 6 nitrogen and oxygen atoms in total. The third kappa shape index (κ3) is 4.47. The highest BCUT2D eigenvalue weighted by atomic mass is 15.3. The second-order valence-electron chi connectivity index (χ2n) is 6.21. The molecule has 3 aromatic rings. The van der Waals surface area contributed by atoms with E-state index in [4.69, 9.17) is 0 Å². The average molecular weight is 348 g/mol. The van der Waals surface area contributed by atoms with Gasteiger partial charge < -0.3 is 15.1 Å². The molecule has 0 radical (unpaired) electrons. The predicted octanol–water partition coefficient (Wildman–Crippen LogP) is 3.71. The van der Waals surface area contributed by atoms with Gasteiger partial charge in [-0.15, -0.1) is 5.10 Å². The Kier molecular flexibility index (Phi) is 5.63. The largest absolute Gasteiger partial charge is 0.378 e. The molecule has 0 bridgehead atoms. The molecule has 26 heavy (non-hydrogen) atoms. The maximum absolute atomic E-state index is 4.62. The fourth-order valence-electron chi connectivity index (χ4n) is 2.61. The van der Waals surface area contributed by atoms with Crippen LogP contribution in [-0.4, -0.2) is 35.8 Å². The van der Waals surface area contributed by atoms with Crippen LogP contribution >= 0.6 is 0 Å². The van der Waals surface area contributed by atoms with Crippen LogP contribution < -0.4 is 15.1 Å². The van der Waals surface area contributed by atoms with Crippen LogP contribution in [0.1, 0.15) is 12.5 Å². The van der Waals surface area contributed by atoms with E-state index in [2.05, 4.69) is 61.5 Å². The highest BCUT2D eigenvalue weighted by molar-refractivity contribution is 5.60. The number of rotatable bonds is 7. The van der Waals surface area contributed by atoms with Crippen molar-refractivity contribution in [2.45, 2.75) is 13.5 Å². The molecule has 0 saturated carbocycles. The molecule has 3 rings (SSSR count). The monoisotopic (exact) mass is 348 g/mol. The molecule has 0 spiro atoms. The summed E-state index contributed by atoms with van der Waals surface area (Å²) in [6.07, 6.45) is 1.64. The Balaban J connectivity index is 1.74. The second-order valence-corrected chi connectivity index (χ2v) is 6.21. The number of benzene rings is 2. The zero-order valence-electron chi connectivity index (χ0n) is 15.4. The van der Waals surface area contributed by atoms with Gasteiger partial charge in [-0.2, -0.15) is 10.1 Å². The molecule has 0 unspecified atom stereocenters. The lowest BCUT2D eigenvalue weighted by Crippen LogP contribution is -2.24. The molecule has 1 heterocycles. The van der Waals surface area contributed by atoms with Crippen LogP contribution in [-0.2, 0) is 6.54 Å². The van der Waals surface area contributed by atoms with Crippen molar-refractivity contribution in [2.75, 3.05) is 35.8 Å². The smallest absolute Gasteiger partial charge is 0.247 e. The summed E-state index contributed by atoms with van der Waals surface area (Å²) in [6, 6.07) is 18.5. The SMILES string of the molecule is CCN(Cc1ccccc1)c1nncc(Nc2ccc(N(C)C)cc2)n1. The quantitative estimate of drug-likeness (QED) is 0.702. The van der Waals surface area contributed by atoms with E-state index in [0.29, 0.717) is 11.8 Å². The summed E-state index contributed by atoms with van der Waals surface area (Å²) in [7, 11) is 4.05. The van der Waals surface area contributed by atoms with E-state index in [1.807, 2.05) is 44.4 Å². The lowest BCUT2D eigenvalue weighted by Gasteiger charge is -2.20. The van der Waals surface area contributed by atoms with Crippen molar-refractivity contribution in [1.82, 2.24) is 15.2 Å². The predicted molar refractivity (Wildman–Crippen MR) is 107 cm³/mol. The fourth-order valence-corrected chi connectivity index (χ4v) is 2.61. The van der Waals surface area contributed by atoms with Crippen molar-refractivity contribution in [3.8, 4) is 0 Å². The van der Waals surface area contributed by atoms with Crippen molar-refractivity contribution in [3.05, 3.63) is 66.4 Å². The summed E-state index contributed by atoms with van der Waals surface area (Å²) in [5.74, 6) is 1.30. The van der Waals surface area contributed by atoms with Gasteiger partial charge in [-0.25, -0.2) is 0 Å². The van der Waals surface area contributed by atoms with Crippen molar-refractivity contribution >= 4 is 23.1 Å². The molecule has 0 saturated heterocycles. The van der Waals surface area contributed by atoms with E-state index >= 15 is 0 Å². The van der Waals surface area contributed by atoms with Gasteiger partial charge in [-0.1, -0.05) is 30.3 Å². The van der Waals surface area contributed by atoms with Gasteiger partial charge in [0.15, 0.2) is 5.82 Å². The topological polar surface area (TPSA) is 57.2 Å². The molecule has 0 aliphatic heterocycles. The van der Waals surface area contributed by atoms with E-state index in [-0.39, 0.29) is 0 Å². The minimum atomic E-state index is 0.617. The molecule has 1 N–H and O–H groups in total. The van der Waals surface area contributed by atoms with Crippen molar-refractivity contribution < 1.29 is 0 Å². The standard InChI is InChI=1S/C20H24N6/c1-4-26(15-16-8-6-5-7-9-16)20-23-19(14-21-24-20)22-17-10-12-18(13-11-17)25(2)3/h5-14H,4,15H2,1-3H3,(H,22,23,24). The van der Waals surface area contributed by atoms with Crippen LogP contribution in [0, 0.1) is 0 Å². The zero-order chi connectivity index (χ0) is 18.4. The summed E-state index contributed by atoms with van der Waals surface area (Å²) in [5.41, 5.74) is 3.33. The Labute approximate surface area is 154 Å². The van der Waals surface area contributed by atoms with Gasteiger partial charge >= 0.3 is 0 Å². The Morgan fingerprint density at radius 2 is 1.69 bits per heavy atom. The summed E-state index contributed by atoms with van der Waals surface area (Å²) in [4.78, 5) is 8.79. The highest BCUT2D eigenvalue weighted by Crippen LogP contribution is 2.20. The molecule has 0 amide bonds. The molecule has 2 aromatic carbocycles. The lowest BCUT2D eigenvalue weighted by atomic mass is 10.2. The first kappa shape index (κ1) is 17.7. The summed E-state index contributed by atoms with van der Waals surface area (Å²) in [5, 5.41) is 11.6.